The highest BCUT2D eigenvalue weighted by molar-refractivity contribution is 7.89. The molecule has 0 unspecified atom stereocenters. The summed E-state index contributed by atoms with van der Waals surface area (Å²) in [4.78, 5) is 12.0. The molecule has 0 aromatic heterocycles. The predicted octanol–water partition coefficient (Wildman–Crippen LogP) is 2.28. The van der Waals surface area contributed by atoms with Crippen molar-refractivity contribution in [2.45, 2.75) is 31.6 Å². The van der Waals surface area contributed by atoms with E-state index in [0.29, 0.717) is 44.8 Å². The minimum Gasteiger partial charge on any atom is -0.492 e. The van der Waals surface area contributed by atoms with Gasteiger partial charge in [-0.2, -0.15) is 4.31 Å². The van der Waals surface area contributed by atoms with Crippen LogP contribution in [0.15, 0.2) is 23.1 Å². The first-order chi connectivity index (χ1) is 11.4. The molecule has 1 saturated heterocycles. The number of hydrogen-bond donors (Lipinski definition) is 1. The Bertz CT molecular complexity index is 685. The molecule has 0 spiro atoms. The second kappa shape index (κ2) is 8.18. The molecule has 2 rings (SSSR count). The molecule has 0 radical (unpaired) electrons. The van der Waals surface area contributed by atoms with Crippen LogP contribution in [0.2, 0.25) is 5.02 Å². The molecule has 8 heteroatoms. The van der Waals surface area contributed by atoms with Crippen LogP contribution in [-0.2, 0) is 14.8 Å². The van der Waals surface area contributed by atoms with E-state index in [0.717, 1.165) is 0 Å². The van der Waals surface area contributed by atoms with Crippen LogP contribution in [0.3, 0.4) is 0 Å². The second-order valence-corrected chi connectivity index (χ2v) is 7.94. The lowest BCUT2D eigenvalue weighted by Gasteiger charge is -2.30. The van der Waals surface area contributed by atoms with E-state index in [1.54, 1.807) is 6.07 Å². The number of piperidine rings is 1. The maximum Gasteiger partial charge on any atom is 0.243 e. The summed E-state index contributed by atoms with van der Waals surface area (Å²) in [5.41, 5.74) is 0. The summed E-state index contributed by atoms with van der Waals surface area (Å²) in [6, 6.07) is 4.49. The van der Waals surface area contributed by atoms with Gasteiger partial charge in [0, 0.05) is 25.6 Å². The van der Waals surface area contributed by atoms with Crippen molar-refractivity contribution in [3.05, 3.63) is 23.2 Å². The van der Waals surface area contributed by atoms with Crippen LogP contribution in [-0.4, -0.2) is 44.9 Å². The van der Waals surface area contributed by atoms with Crippen molar-refractivity contribution in [3.8, 4) is 5.75 Å². The lowest BCUT2D eigenvalue weighted by Crippen LogP contribution is -2.42. The lowest BCUT2D eigenvalue weighted by molar-refractivity contribution is -0.126. The van der Waals surface area contributed by atoms with Crippen LogP contribution < -0.4 is 10.1 Å². The second-order valence-electron chi connectivity index (χ2n) is 5.60. The van der Waals surface area contributed by atoms with Crippen LogP contribution >= 0.6 is 11.6 Å². The standard InChI is InChI=1S/C16H23ClN2O4S/c1-3-18-16(20)12-7-9-19(10-8-12)24(21,22)13-5-6-15(23-4-2)14(17)11-13/h5-6,11-12H,3-4,7-10H2,1-2H3,(H,18,20). The van der Waals surface area contributed by atoms with Gasteiger partial charge in [-0.3, -0.25) is 4.79 Å². The zero-order valence-corrected chi connectivity index (χ0v) is 15.5. The van der Waals surface area contributed by atoms with Gasteiger partial charge in [0.2, 0.25) is 15.9 Å². The van der Waals surface area contributed by atoms with Crippen molar-refractivity contribution in [1.82, 2.24) is 9.62 Å². The first-order valence-electron chi connectivity index (χ1n) is 8.10. The zero-order chi connectivity index (χ0) is 17.7. The minimum atomic E-state index is -3.62. The molecule has 1 aromatic rings. The number of ether oxygens (including phenoxy) is 1. The normalized spacial score (nSPS) is 16.8. The summed E-state index contributed by atoms with van der Waals surface area (Å²) >= 11 is 6.09. The molecule has 1 aliphatic heterocycles. The monoisotopic (exact) mass is 374 g/mol. The third-order valence-electron chi connectivity index (χ3n) is 4.02. The predicted molar refractivity (Wildman–Crippen MR) is 92.8 cm³/mol. The van der Waals surface area contributed by atoms with E-state index in [1.165, 1.54) is 16.4 Å². The fourth-order valence-corrected chi connectivity index (χ4v) is 4.54. The van der Waals surface area contributed by atoms with Crippen LogP contribution in [0, 0.1) is 5.92 Å². The molecule has 1 amide bonds. The van der Waals surface area contributed by atoms with Crippen molar-refractivity contribution >= 4 is 27.5 Å². The fraction of sp³-hybridized carbons (Fsp3) is 0.562. The van der Waals surface area contributed by atoms with Crippen LogP contribution in [0.5, 0.6) is 5.75 Å². The molecular formula is C16H23ClN2O4S. The number of nitrogens with one attached hydrogen (secondary N) is 1. The Morgan fingerprint density at radius 2 is 2.00 bits per heavy atom. The Hall–Kier alpha value is -1.31. The van der Waals surface area contributed by atoms with Gasteiger partial charge < -0.3 is 10.1 Å². The van der Waals surface area contributed by atoms with Gasteiger partial charge in [-0.1, -0.05) is 11.6 Å². The number of rotatable bonds is 6. The third-order valence-corrected chi connectivity index (χ3v) is 6.21. The number of carbonyl (C=O) groups is 1. The molecule has 0 bridgehead atoms. The van der Waals surface area contributed by atoms with Crippen molar-refractivity contribution in [3.63, 3.8) is 0 Å². The number of carbonyl (C=O) groups excluding carboxylic acids is 1. The molecule has 1 aliphatic rings. The summed E-state index contributed by atoms with van der Waals surface area (Å²) in [5, 5.41) is 3.06. The molecule has 1 fully saturated rings. The van der Waals surface area contributed by atoms with E-state index in [-0.39, 0.29) is 21.7 Å². The SMILES string of the molecule is CCNC(=O)C1CCN(S(=O)(=O)c2ccc(OCC)c(Cl)c2)CC1. The van der Waals surface area contributed by atoms with Gasteiger partial charge in [-0.15, -0.1) is 0 Å². The smallest absolute Gasteiger partial charge is 0.243 e. The van der Waals surface area contributed by atoms with Crippen molar-refractivity contribution in [2.24, 2.45) is 5.92 Å². The van der Waals surface area contributed by atoms with Gasteiger partial charge in [0.15, 0.2) is 0 Å². The van der Waals surface area contributed by atoms with Gasteiger partial charge >= 0.3 is 0 Å². The molecule has 134 valence electrons. The van der Waals surface area contributed by atoms with Gasteiger partial charge in [0.25, 0.3) is 0 Å². The topological polar surface area (TPSA) is 75.7 Å². The lowest BCUT2D eigenvalue weighted by atomic mass is 9.97. The first kappa shape index (κ1) is 19.0. The summed E-state index contributed by atoms with van der Waals surface area (Å²) in [7, 11) is -3.62. The molecule has 0 aliphatic carbocycles. The summed E-state index contributed by atoms with van der Waals surface area (Å²) in [6.07, 6.45) is 1.05. The van der Waals surface area contributed by atoms with E-state index in [4.69, 9.17) is 16.3 Å². The van der Waals surface area contributed by atoms with E-state index < -0.39 is 10.0 Å². The van der Waals surface area contributed by atoms with E-state index in [2.05, 4.69) is 5.32 Å². The molecule has 0 atom stereocenters. The molecule has 24 heavy (non-hydrogen) atoms. The van der Waals surface area contributed by atoms with Crippen molar-refractivity contribution in [1.29, 1.82) is 0 Å². The van der Waals surface area contributed by atoms with Crippen LogP contribution in [0.1, 0.15) is 26.7 Å². The number of halogens is 1. The number of sulfonamides is 1. The molecule has 1 heterocycles. The average molecular weight is 375 g/mol. The quantitative estimate of drug-likeness (QED) is 0.828. The Labute approximate surface area is 148 Å². The average Bonchev–Trinajstić information content (AvgIpc) is 2.57. The Morgan fingerprint density at radius 3 is 2.54 bits per heavy atom. The van der Waals surface area contributed by atoms with E-state index in [1.807, 2.05) is 13.8 Å². The maximum absolute atomic E-state index is 12.7. The number of nitrogens with zero attached hydrogens (tertiary/aromatic N) is 1. The van der Waals surface area contributed by atoms with Gasteiger partial charge in [-0.25, -0.2) is 8.42 Å². The van der Waals surface area contributed by atoms with Gasteiger partial charge in [0.05, 0.1) is 16.5 Å². The Morgan fingerprint density at radius 1 is 1.33 bits per heavy atom. The van der Waals surface area contributed by atoms with Crippen LogP contribution in [0.25, 0.3) is 0 Å². The van der Waals surface area contributed by atoms with Crippen molar-refractivity contribution < 1.29 is 17.9 Å². The summed E-state index contributed by atoms with van der Waals surface area (Å²) in [5.74, 6) is 0.340. The maximum atomic E-state index is 12.7. The van der Waals surface area contributed by atoms with Gasteiger partial charge in [0.1, 0.15) is 5.75 Å². The highest BCUT2D eigenvalue weighted by Crippen LogP contribution is 2.30. The first-order valence-corrected chi connectivity index (χ1v) is 9.92. The molecule has 1 N–H and O–H groups in total. The largest absolute Gasteiger partial charge is 0.492 e. The van der Waals surface area contributed by atoms with E-state index in [9.17, 15) is 13.2 Å². The fourth-order valence-electron chi connectivity index (χ4n) is 2.74. The molecule has 6 nitrogen and oxygen atoms in total. The number of hydrogen-bond acceptors (Lipinski definition) is 4. The summed E-state index contributed by atoms with van der Waals surface area (Å²) < 4.78 is 32.2. The summed E-state index contributed by atoms with van der Waals surface area (Å²) in [6.45, 7) is 5.40. The van der Waals surface area contributed by atoms with Gasteiger partial charge in [-0.05, 0) is 44.9 Å². The molecule has 1 aromatic carbocycles. The molecular weight excluding hydrogens is 352 g/mol. The van der Waals surface area contributed by atoms with E-state index >= 15 is 0 Å². The van der Waals surface area contributed by atoms with Crippen LogP contribution in [0.4, 0.5) is 0 Å². The third kappa shape index (κ3) is 4.20. The highest BCUT2D eigenvalue weighted by Gasteiger charge is 2.32. The number of amides is 1. The Balaban J connectivity index is 2.09. The van der Waals surface area contributed by atoms with Crippen molar-refractivity contribution in [2.75, 3.05) is 26.2 Å². The minimum absolute atomic E-state index is 0.00124. The highest BCUT2D eigenvalue weighted by atomic mass is 35.5. The number of benzene rings is 1. The molecule has 0 saturated carbocycles. The zero-order valence-electron chi connectivity index (χ0n) is 13.9. The Kier molecular flexibility index (Phi) is 6.48.